The normalized spacial score (nSPS) is 13.1. The minimum Gasteiger partial charge on any atom is -0.486 e. The van der Waals surface area contributed by atoms with Crippen molar-refractivity contribution >= 4 is 28.0 Å². The maximum absolute atomic E-state index is 13.0. The van der Waals surface area contributed by atoms with Gasteiger partial charge in [0.1, 0.15) is 25.6 Å². The van der Waals surface area contributed by atoms with Crippen LogP contribution < -0.4 is 9.47 Å². The number of carbonyl (C=O) groups is 1. The van der Waals surface area contributed by atoms with Gasteiger partial charge in [0.15, 0.2) is 11.5 Å². The lowest BCUT2D eigenvalue weighted by Gasteiger charge is -2.18. The van der Waals surface area contributed by atoms with Crippen LogP contribution in [0.2, 0.25) is 0 Å². The molecule has 2 aromatic rings. The molecule has 1 aliphatic heterocycles. The summed E-state index contributed by atoms with van der Waals surface area (Å²) in [6.07, 6.45) is 2.98. The monoisotopic (exact) mass is 392 g/mol. The summed E-state index contributed by atoms with van der Waals surface area (Å²) in [5.74, 6) is 0.519. The molecule has 0 radical (unpaired) electrons. The quantitative estimate of drug-likeness (QED) is 0.579. The molecule has 124 valence electrons. The molecular weight excluding hydrogens is 379 g/mol. The van der Waals surface area contributed by atoms with Gasteiger partial charge in [-0.2, -0.15) is 0 Å². The Morgan fingerprint density at radius 3 is 2.75 bits per heavy atom. The van der Waals surface area contributed by atoms with E-state index in [1.54, 1.807) is 24.3 Å². The first-order valence-corrected chi connectivity index (χ1v) is 8.09. The summed E-state index contributed by atoms with van der Waals surface area (Å²) in [5, 5.41) is 0. The number of ether oxygens (including phenoxy) is 3. The number of hydrogen-bond acceptors (Lipinski definition) is 4. The molecule has 0 N–H and O–H groups in total. The Hall–Kier alpha value is -2.34. The third-order valence-electron chi connectivity index (χ3n) is 3.36. The Morgan fingerprint density at radius 2 is 1.96 bits per heavy atom. The summed E-state index contributed by atoms with van der Waals surface area (Å²) in [6.45, 7) is 1.10. The third-order valence-corrected chi connectivity index (χ3v) is 4.10. The van der Waals surface area contributed by atoms with Gasteiger partial charge in [0.05, 0.1) is 0 Å². The predicted molar refractivity (Wildman–Crippen MR) is 90.4 cm³/mol. The van der Waals surface area contributed by atoms with Crippen molar-refractivity contribution in [3.05, 3.63) is 63.9 Å². The molecule has 0 fully saturated rings. The van der Waals surface area contributed by atoms with Crippen molar-refractivity contribution in [1.29, 1.82) is 0 Å². The van der Waals surface area contributed by atoms with Gasteiger partial charge in [-0.1, -0.05) is 28.1 Å². The van der Waals surface area contributed by atoms with E-state index in [2.05, 4.69) is 15.9 Å². The summed E-state index contributed by atoms with van der Waals surface area (Å²) in [7, 11) is 0. The molecule has 0 aromatic heterocycles. The topological polar surface area (TPSA) is 44.8 Å². The van der Waals surface area contributed by atoms with E-state index in [9.17, 15) is 9.18 Å². The lowest BCUT2D eigenvalue weighted by molar-refractivity contribution is -0.138. The predicted octanol–water partition coefficient (Wildman–Crippen LogP) is 4.12. The molecule has 0 amide bonds. The van der Waals surface area contributed by atoms with Crippen molar-refractivity contribution < 1.29 is 23.4 Å². The Balaban J connectivity index is 1.59. The highest BCUT2D eigenvalue weighted by molar-refractivity contribution is 9.10. The van der Waals surface area contributed by atoms with Gasteiger partial charge in [-0.15, -0.1) is 0 Å². The number of halogens is 2. The zero-order valence-corrected chi connectivity index (χ0v) is 14.2. The minimum absolute atomic E-state index is 0.0607. The van der Waals surface area contributed by atoms with Gasteiger partial charge in [-0.25, -0.2) is 9.18 Å². The number of benzene rings is 2. The van der Waals surface area contributed by atoms with Crippen LogP contribution in [0.4, 0.5) is 4.39 Å². The Bertz CT molecular complexity index is 789. The second kappa shape index (κ2) is 7.49. The average Bonchev–Trinajstić information content (AvgIpc) is 2.59. The number of fused-ring (bicyclic) bond motifs is 1. The van der Waals surface area contributed by atoms with Crippen molar-refractivity contribution in [1.82, 2.24) is 0 Å². The van der Waals surface area contributed by atoms with E-state index in [0.29, 0.717) is 34.7 Å². The van der Waals surface area contributed by atoms with Crippen LogP contribution in [0.15, 0.2) is 46.9 Å². The molecule has 1 aliphatic rings. The number of esters is 1. The molecule has 0 saturated carbocycles. The van der Waals surface area contributed by atoms with Crippen LogP contribution in [0.25, 0.3) is 6.08 Å². The number of hydrogen-bond donors (Lipinski definition) is 0. The van der Waals surface area contributed by atoms with Crippen LogP contribution in [0.5, 0.6) is 11.5 Å². The first-order chi connectivity index (χ1) is 11.6. The SMILES string of the molecule is O=C(C=Cc1ccc2c(c1)OCCO2)OCc1ccc(F)cc1Br. The molecule has 1 heterocycles. The molecule has 0 bridgehead atoms. The largest absolute Gasteiger partial charge is 0.486 e. The smallest absolute Gasteiger partial charge is 0.331 e. The highest BCUT2D eigenvalue weighted by Gasteiger charge is 2.11. The van der Waals surface area contributed by atoms with Crippen molar-refractivity contribution in [2.24, 2.45) is 0 Å². The fourth-order valence-corrected chi connectivity index (χ4v) is 2.63. The van der Waals surface area contributed by atoms with Crippen molar-refractivity contribution in [2.75, 3.05) is 13.2 Å². The van der Waals surface area contributed by atoms with Gasteiger partial charge in [-0.05, 0) is 35.9 Å². The number of carbonyl (C=O) groups excluding carboxylic acids is 1. The maximum Gasteiger partial charge on any atom is 0.331 e. The molecule has 0 aliphatic carbocycles. The van der Waals surface area contributed by atoms with E-state index < -0.39 is 5.97 Å². The fraction of sp³-hybridized carbons (Fsp3) is 0.167. The maximum atomic E-state index is 13.0. The fourth-order valence-electron chi connectivity index (χ4n) is 2.16. The highest BCUT2D eigenvalue weighted by Crippen LogP contribution is 2.31. The third kappa shape index (κ3) is 4.14. The lowest BCUT2D eigenvalue weighted by atomic mass is 10.2. The summed E-state index contributed by atoms with van der Waals surface area (Å²) in [4.78, 5) is 11.8. The van der Waals surface area contributed by atoms with Crippen LogP contribution in [0.1, 0.15) is 11.1 Å². The van der Waals surface area contributed by atoms with Gasteiger partial charge in [0.25, 0.3) is 0 Å². The van der Waals surface area contributed by atoms with E-state index in [1.807, 2.05) is 6.07 Å². The van der Waals surface area contributed by atoms with Gasteiger partial charge in [0, 0.05) is 16.1 Å². The van der Waals surface area contributed by atoms with Crippen molar-refractivity contribution in [3.63, 3.8) is 0 Å². The second-order valence-electron chi connectivity index (χ2n) is 5.08. The first-order valence-electron chi connectivity index (χ1n) is 7.30. The first kappa shape index (κ1) is 16.5. The molecule has 3 rings (SSSR count). The lowest BCUT2D eigenvalue weighted by Crippen LogP contribution is -2.15. The summed E-state index contributed by atoms with van der Waals surface area (Å²) in [5.41, 5.74) is 1.50. The van der Waals surface area contributed by atoms with Crippen molar-refractivity contribution in [2.45, 2.75) is 6.61 Å². The highest BCUT2D eigenvalue weighted by atomic mass is 79.9. The summed E-state index contributed by atoms with van der Waals surface area (Å²) < 4.78 is 29.6. The standard InChI is InChI=1S/C18H14BrFO4/c19-15-10-14(20)4-3-13(15)11-24-18(21)6-2-12-1-5-16-17(9-12)23-8-7-22-16/h1-6,9-10H,7-8,11H2. The molecule has 4 nitrogen and oxygen atoms in total. The molecule has 24 heavy (non-hydrogen) atoms. The van der Waals surface area contributed by atoms with Gasteiger partial charge >= 0.3 is 5.97 Å². The van der Waals surface area contributed by atoms with E-state index in [-0.39, 0.29) is 12.4 Å². The van der Waals surface area contributed by atoms with Crippen LogP contribution in [0, 0.1) is 5.82 Å². The van der Waals surface area contributed by atoms with E-state index in [0.717, 1.165) is 5.56 Å². The Labute approximate surface area is 147 Å². The summed E-state index contributed by atoms with van der Waals surface area (Å²) >= 11 is 3.23. The minimum atomic E-state index is -0.485. The Morgan fingerprint density at radius 1 is 1.17 bits per heavy atom. The molecule has 0 atom stereocenters. The van der Waals surface area contributed by atoms with Crippen LogP contribution in [-0.2, 0) is 16.1 Å². The molecule has 6 heteroatoms. The van der Waals surface area contributed by atoms with Crippen molar-refractivity contribution in [3.8, 4) is 11.5 Å². The molecule has 0 spiro atoms. The zero-order chi connectivity index (χ0) is 16.9. The van der Waals surface area contributed by atoms with E-state index in [4.69, 9.17) is 14.2 Å². The van der Waals surface area contributed by atoms with Crippen LogP contribution in [-0.4, -0.2) is 19.2 Å². The van der Waals surface area contributed by atoms with Crippen LogP contribution >= 0.6 is 15.9 Å². The van der Waals surface area contributed by atoms with Gasteiger partial charge in [-0.3, -0.25) is 0 Å². The molecule has 0 saturated heterocycles. The van der Waals surface area contributed by atoms with Gasteiger partial charge in [0.2, 0.25) is 0 Å². The van der Waals surface area contributed by atoms with Gasteiger partial charge < -0.3 is 14.2 Å². The van der Waals surface area contributed by atoms with E-state index in [1.165, 1.54) is 18.2 Å². The second-order valence-corrected chi connectivity index (χ2v) is 5.93. The van der Waals surface area contributed by atoms with Crippen LogP contribution in [0.3, 0.4) is 0 Å². The zero-order valence-electron chi connectivity index (χ0n) is 12.6. The number of rotatable bonds is 4. The summed E-state index contributed by atoms with van der Waals surface area (Å²) in [6, 6.07) is 9.64. The van der Waals surface area contributed by atoms with E-state index >= 15 is 0 Å². The Kier molecular flexibility index (Phi) is 5.15. The molecular formula is C18H14BrFO4. The average molecular weight is 393 g/mol. The molecule has 0 unspecified atom stereocenters. The molecule has 2 aromatic carbocycles.